The molecule has 0 radical (unpaired) electrons. The number of nitrogens with zero attached hydrogens (tertiary/aromatic N) is 1. The van der Waals surface area contributed by atoms with E-state index in [0.717, 1.165) is 6.08 Å². The van der Waals surface area contributed by atoms with Crippen LogP contribution in [0.5, 0.6) is 0 Å². The van der Waals surface area contributed by atoms with E-state index in [4.69, 9.17) is 5.26 Å². The summed E-state index contributed by atoms with van der Waals surface area (Å²) in [4.78, 5) is 11.6. The van der Waals surface area contributed by atoms with Gasteiger partial charge in [-0.2, -0.15) is 5.26 Å². The third kappa shape index (κ3) is 1.53. The third-order valence-electron chi connectivity index (χ3n) is 3.41. The molecule has 2 aliphatic carbocycles. The van der Waals surface area contributed by atoms with Crippen molar-refractivity contribution >= 4 is 11.5 Å². The number of aliphatic hydroxyl groups excluding tert-OH is 1. The Morgan fingerprint density at radius 3 is 2.76 bits per heavy atom. The molecule has 0 amide bonds. The monoisotopic (exact) mass is 225 g/mol. The van der Waals surface area contributed by atoms with Gasteiger partial charge in [-0.1, -0.05) is 12.1 Å². The molecule has 0 saturated heterocycles. The van der Waals surface area contributed by atoms with Gasteiger partial charge in [0.15, 0.2) is 5.78 Å². The highest BCUT2D eigenvalue weighted by molar-refractivity contribution is 6.05. The van der Waals surface area contributed by atoms with Crippen molar-refractivity contribution in [3.05, 3.63) is 41.0 Å². The van der Waals surface area contributed by atoms with Crippen LogP contribution in [-0.4, -0.2) is 10.9 Å². The first-order chi connectivity index (χ1) is 8.20. The van der Waals surface area contributed by atoms with Gasteiger partial charge in [0, 0.05) is 11.6 Å². The molecule has 1 aromatic rings. The molecule has 0 aromatic heterocycles. The van der Waals surface area contributed by atoms with Crippen molar-refractivity contribution in [2.24, 2.45) is 0 Å². The molecule has 3 nitrogen and oxygen atoms in total. The Bertz CT molecular complexity index is 576. The highest BCUT2D eigenvalue weighted by Crippen LogP contribution is 2.42. The number of nitriles is 1. The standard InChI is InChI=1S/C14H11NO2/c15-7-12-10-4-3-9(8-1-2-8)5-11(10)13(16)6-14(12)17/h3-6,8,12,16H,1-2H2. The average molecular weight is 225 g/mol. The van der Waals surface area contributed by atoms with Gasteiger partial charge >= 0.3 is 0 Å². The second-order valence-corrected chi connectivity index (χ2v) is 4.62. The molecular weight excluding hydrogens is 214 g/mol. The van der Waals surface area contributed by atoms with Crippen LogP contribution in [0.1, 0.15) is 41.4 Å². The van der Waals surface area contributed by atoms with Crippen LogP contribution in [0.4, 0.5) is 0 Å². The lowest BCUT2D eigenvalue weighted by atomic mass is 9.85. The fraction of sp³-hybridized carbons (Fsp3) is 0.286. The van der Waals surface area contributed by atoms with Crippen LogP contribution in [-0.2, 0) is 4.79 Å². The van der Waals surface area contributed by atoms with Crippen molar-refractivity contribution in [1.82, 2.24) is 0 Å². The average Bonchev–Trinajstić information content (AvgIpc) is 3.13. The lowest BCUT2D eigenvalue weighted by molar-refractivity contribution is -0.115. The predicted molar refractivity (Wildman–Crippen MR) is 62.4 cm³/mol. The predicted octanol–water partition coefficient (Wildman–Crippen LogP) is 2.65. The Balaban J connectivity index is 2.15. The van der Waals surface area contributed by atoms with Gasteiger partial charge in [0.05, 0.1) is 6.07 Å². The van der Waals surface area contributed by atoms with Gasteiger partial charge in [-0.25, -0.2) is 0 Å². The minimum atomic E-state index is -0.769. The molecule has 0 spiro atoms. The Morgan fingerprint density at radius 1 is 1.35 bits per heavy atom. The van der Waals surface area contributed by atoms with Crippen molar-refractivity contribution in [2.75, 3.05) is 0 Å². The van der Waals surface area contributed by atoms with Crippen molar-refractivity contribution in [3.63, 3.8) is 0 Å². The lowest BCUT2D eigenvalue weighted by Gasteiger charge is -2.18. The minimum absolute atomic E-state index is 0.0148. The van der Waals surface area contributed by atoms with E-state index >= 15 is 0 Å². The Kier molecular flexibility index (Phi) is 2.05. The van der Waals surface area contributed by atoms with E-state index in [0.29, 0.717) is 17.0 Å². The molecule has 1 N–H and O–H groups in total. The van der Waals surface area contributed by atoms with Gasteiger partial charge in [0.2, 0.25) is 0 Å². The number of allylic oxidation sites excluding steroid dienone is 1. The number of ketones is 1. The second-order valence-electron chi connectivity index (χ2n) is 4.62. The summed E-state index contributed by atoms with van der Waals surface area (Å²) in [5.74, 6) is -0.531. The van der Waals surface area contributed by atoms with Crippen molar-refractivity contribution in [2.45, 2.75) is 24.7 Å². The first-order valence-electron chi connectivity index (χ1n) is 5.69. The molecular formula is C14H11NO2. The summed E-state index contributed by atoms with van der Waals surface area (Å²) in [6.07, 6.45) is 3.53. The summed E-state index contributed by atoms with van der Waals surface area (Å²) in [7, 11) is 0. The number of fused-ring (bicyclic) bond motifs is 1. The summed E-state index contributed by atoms with van der Waals surface area (Å²) < 4.78 is 0. The molecule has 1 fully saturated rings. The Hall–Kier alpha value is -2.08. The molecule has 17 heavy (non-hydrogen) atoms. The zero-order chi connectivity index (χ0) is 12.0. The van der Waals surface area contributed by atoms with E-state index in [1.165, 1.54) is 18.4 Å². The fourth-order valence-corrected chi connectivity index (χ4v) is 2.30. The van der Waals surface area contributed by atoms with Crippen LogP contribution in [0.25, 0.3) is 5.76 Å². The van der Waals surface area contributed by atoms with E-state index in [9.17, 15) is 9.90 Å². The third-order valence-corrected chi connectivity index (χ3v) is 3.41. The highest BCUT2D eigenvalue weighted by Gasteiger charge is 2.30. The van der Waals surface area contributed by atoms with Gasteiger partial charge in [-0.05, 0) is 36.0 Å². The summed E-state index contributed by atoms with van der Waals surface area (Å²) >= 11 is 0. The van der Waals surface area contributed by atoms with Gasteiger partial charge < -0.3 is 5.11 Å². The smallest absolute Gasteiger partial charge is 0.180 e. The summed E-state index contributed by atoms with van der Waals surface area (Å²) in [5.41, 5.74) is 2.46. The zero-order valence-electron chi connectivity index (χ0n) is 9.18. The van der Waals surface area contributed by atoms with Gasteiger partial charge in [0.1, 0.15) is 11.7 Å². The maximum absolute atomic E-state index is 11.6. The summed E-state index contributed by atoms with van der Waals surface area (Å²) in [6, 6.07) is 7.67. The van der Waals surface area contributed by atoms with E-state index in [2.05, 4.69) is 0 Å². The lowest BCUT2D eigenvalue weighted by Crippen LogP contribution is -2.15. The van der Waals surface area contributed by atoms with Crippen molar-refractivity contribution in [1.29, 1.82) is 5.26 Å². The number of rotatable bonds is 1. The quantitative estimate of drug-likeness (QED) is 0.799. The van der Waals surface area contributed by atoms with Crippen LogP contribution in [0.3, 0.4) is 0 Å². The molecule has 84 valence electrons. The topological polar surface area (TPSA) is 61.1 Å². The number of carbonyl (C=O) groups excluding carboxylic acids is 1. The van der Waals surface area contributed by atoms with E-state index in [-0.39, 0.29) is 11.5 Å². The Labute approximate surface area is 99.0 Å². The number of hydrogen-bond donors (Lipinski definition) is 1. The van der Waals surface area contributed by atoms with Crippen molar-refractivity contribution in [3.8, 4) is 6.07 Å². The molecule has 0 bridgehead atoms. The zero-order valence-corrected chi connectivity index (χ0v) is 9.18. The molecule has 3 heteroatoms. The molecule has 0 aliphatic heterocycles. The normalized spacial score (nSPS) is 22.6. The molecule has 2 aliphatic rings. The largest absolute Gasteiger partial charge is 0.507 e. The number of aliphatic hydroxyl groups is 1. The van der Waals surface area contributed by atoms with E-state index in [1.807, 2.05) is 18.2 Å². The van der Waals surface area contributed by atoms with Crippen LogP contribution in [0.15, 0.2) is 24.3 Å². The molecule has 1 aromatic carbocycles. The number of carbonyl (C=O) groups is 1. The van der Waals surface area contributed by atoms with Crippen molar-refractivity contribution < 1.29 is 9.90 Å². The maximum Gasteiger partial charge on any atom is 0.180 e. The van der Waals surface area contributed by atoms with Crippen LogP contribution >= 0.6 is 0 Å². The van der Waals surface area contributed by atoms with Gasteiger partial charge in [0.25, 0.3) is 0 Å². The Morgan fingerprint density at radius 2 is 2.12 bits per heavy atom. The first kappa shape index (κ1) is 10.1. The summed E-state index contributed by atoms with van der Waals surface area (Å²) in [6.45, 7) is 0. The maximum atomic E-state index is 11.6. The molecule has 3 rings (SSSR count). The van der Waals surface area contributed by atoms with Gasteiger partial charge in [-0.3, -0.25) is 4.79 Å². The summed E-state index contributed by atoms with van der Waals surface area (Å²) in [5, 5.41) is 18.8. The first-order valence-corrected chi connectivity index (χ1v) is 5.69. The molecule has 1 unspecified atom stereocenters. The van der Waals surface area contributed by atoms with E-state index < -0.39 is 5.92 Å². The number of benzene rings is 1. The van der Waals surface area contributed by atoms with Crippen LogP contribution < -0.4 is 0 Å². The molecule has 0 heterocycles. The molecule has 1 atom stereocenters. The SMILES string of the molecule is N#CC1C(=O)C=C(O)c2cc(C3CC3)ccc21. The highest BCUT2D eigenvalue weighted by atomic mass is 16.3. The van der Waals surface area contributed by atoms with Crippen LogP contribution in [0.2, 0.25) is 0 Å². The fourth-order valence-electron chi connectivity index (χ4n) is 2.30. The molecule has 1 saturated carbocycles. The second kappa shape index (κ2) is 3.46. The minimum Gasteiger partial charge on any atom is -0.507 e. The van der Waals surface area contributed by atoms with E-state index in [1.54, 1.807) is 6.07 Å². The number of hydrogen-bond acceptors (Lipinski definition) is 3. The van der Waals surface area contributed by atoms with Crippen LogP contribution in [0, 0.1) is 11.3 Å². The van der Waals surface area contributed by atoms with Gasteiger partial charge in [-0.15, -0.1) is 0 Å².